The van der Waals surface area contributed by atoms with Crippen molar-refractivity contribution in [2.45, 2.75) is 26.1 Å². The quantitative estimate of drug-likeness (QED) is 0.701. The normalized spacial score (nSPS) is 23.6. The molecular formula is C13H25N3O3. The van der Waals surface area contributed by atoms with E-state index in [4.69, 9.17) is 4.74 Å². The Morgan fingerprint density at radius 2 is 1.63 bits per heavy atom. The number of rotatable bonds is 4. The monoisotopic (exact) mass is 271 g/mol. The SMILES string of the molecule is CC1CN(C(=O)CN(C)CC(=O)N(C)C)CC(C)O1. The van der Waals surface area contributed by atoms with E-state index >= 15 is 0 Å². The van der Waals surface area contributed by atoms with Crippen LogP contribution in [0, 0.1) is 0 Å². The molecule has 6 nitrogen and oxygen atoms in total. The van der Waals surface area contributed by atoms with Gasteiger partial charge in [-0.15, -0.1) is 0 Å². The zero-order valence-electron chi connectivity index (χ0n) is 12.5. The molecule has 0 aromatic rings. The predicted molar refractivity (Wildman–Crippen MR) is 72.8 cm³/mol. The van der Waals surface area contributed by atoms with Crippen molar-refractivity contribution >= 4 is 11.8 Å². The molecule has 0 bridgehead atoms. The van der Waals surface area contributed by atoms with E-state index in [2.05, 4.69) is 0 Å². The summed E-state index contributed by atoms with van der Waals surface area (Å²) in [7, 11) is 5.21. The molecule has 0 aromatic heterocycles. The fourth-order valence-electron chi connectivity index (χ4n) is 2.14. The molecule has 1 aliphatic heterocycles. The van der Waals surface area contributed by atoms with E-state index in [1.807, 2.05) is 18.7 Å². The topological polar surface area (TPSA) is 53.1 Å². The average Bonchev–Trinajstić information content (AvgIpc) is 2.26. The second-order valence-corrected chi connectivity index (χ2v) is 5.52. The van der Waals surface area contributed by atoms with Crippen molar-refractivity contribution in [3.63, 3.8) is 0 Å². The predicted octanol–water partition coefficient (Wildman–Crippen LogP) is -0.358. The summed E-state index contributed by atoms with van der Waals surface area (Å²) in [5.74, 6) is 0.0510. The highest BCUT2D eigenvalue weighted by Gasteiger charge is 2.26. The van der Waals surface area contributed by atoms with Crippen LogP contribution in [-0.4, -0.2) is 86.0 Å². The van der Waals surface area contributed by atoms with Gasteiger partial charge in [0.1, 0.15) is 0 Å². The molecule has 1 fully saturated rings. The van der Waals surface area contributed by atoms with Gasteiger partial charge in [0.25, 0.3) is 0 Å². The smallest absolute Gasteiger partial charge is 0.236 e. The van der Waals surface area contributed by atoms with E-state index < -0.39 is 0 Å². The highest BCUT2D eigenvalue weighted by atomic mass is 16.5. The molecule has 1 heterocycles. The number of nitrogens with zero attached hydrogens (tertiary/aromatic N) is 3. The van der Waals surface area contributed by atoms with Crippen LogP contribution in [0.2, 0.25) is 0 Å². The molecule has 2 unspecified atom stereocenters. The Labute approximate surface area is 115 Å². The summed E-state index contributed by atoms with van der Waals surface area (Å²) in [6.07, 6.45) is 0.142. The summed E-state index contributed by atoms with van der Waals surface area (Å²) >= 11 is 0. The van der Waals surface area contributed by atoms with Crippen molar-refractivity contribution in [3.8, 4) is 0 Å². The van der Waals surface area contributed by atoms with Crippen molar-refractivity contribution in [2.75, 3.05) is 47.3 Å². The summed E-state index contributed by atoms with van der Waals surface area (Å²) < 4.78 is 5.60. The van der Waals surface area contributed by atoms with Crippen molar-refractivity contribution in [2.24, 2.45) is 0 Å². The first-order chi connectivity index (χ1) is 8.79. The lowest BCUT2D eigenvalue weighted by molar-refractivity contribution is -0.144. The third-order valence-corrected chi connectivity index (χ3v) is 3.08. The van der Waals surface area contributed by atoms with E-state index in [0.717, 1.165) is 0 Å². The Hall–Kier alpha value is -1.14. The first-order valence-corrected chi connectivity index (χ1v) is 6.61. The second kappa shape index (κ2) is 6.86. The van der Waals surface area contributed by atoms with E-state index in [1.165, 1.54) is 4.90 Å². The Bertz CT molecular complexity index is 323. The Kier molecular flexibility index (Phi) is 5.75. The van der Waals surface area contributed by atoms with Gasteiger partial charge < -0.3 is 14.5 Å². The molecule has 2 amide bonds. The van der Waals surface area contributed by atoms with Gasteiger partial charge >= 0.3 is 0 Å². The lowest BCUT2D eigenvalue weighted by Gasteiger charge is -2.36. The van der Waals surface area contributed by atoms with Gasteiger partial charge in [-0.2, -0.15) is 0 Å². The average molecular weight is 271 g/mol. The largest absolute Gasteiger partial charge is 0.372 e. The minimum Gasteiger partial charge on any atom is -0.372 e. The van der Waals surface area contributed by atoms with Crippen LogP contribution < -0.4 is 0 Å². The van der Waals surface area contributed by atoms with Crippen LogP contribution in [0.5, 0.6) is 0 Å². The number of hydrogen-bond donors (Lipinski definition) is 0. The van der Waals surface area contributed by atoms with Gasteiger partial charge in [-0.1, -0.05) is 0 Å². The zero-order chi connectivity index (χ0) is 14.6. The summed E-state index contributed by atoms with van der Waals surface area (Å²) in [4.78, 5) is 28.8. The number of carbonyl (C=O) groups is 2. The molecule has 0 saturated carbocycles. The molecule has 1 rings (SSSR count). The van der Waals surface area contributed by atoms with Crippen LogP contribution in [0.4, 0.5) is 0 Å². The van der Waals surface area contributed by atoms with Crippen LogP contribution in [0.1, 0.15) is 13.8 Å². The summed E-state index contributed by atoms with van der Waals surface area (Å²) in [6.45, 7) is 5.70. The van der Waals surface area contributed by atoms with Crippen molar-refractivity contribution in [1.29, 1.82) is 0 Å². The van der Waals surface area contributed by atoms with Gasteiger partial charge in [-0.3, -0.25) is 14.5 Å². The van der Waals surface area contributed by atoms with E-state index in [0.29, 0.717) is 13.1 Å². The van der Waals surface area contributed by atoms with Crippen LogP contribution in [0.15, 0.2) is 0 Å². The fraction of sp³-hybridized carbons (Fsp3) is 0.846. The highest BCUT2D eigenvalue weighted by Crippen LogP contribution is 2.10. The van der Waals surface area contributed by atoms with Gasteiger partial charge in [-0.05, 0) is 20.9 Å². The Morgan fingerprint density at radius 3 is 2.11 bits per heavy atom. The number of morpholine rings is 1. The van der Waals surface area contributed by atoms with Gasteiger partial charge in [0.2, 0.25) is 11.8 Å². The molecule has 0 spiro atoms. The molecule has 2 atom stereocenters. The maximum absolute atomic E-state index is 12.2. The molecule has 0 aromatic carbocycles. The molecule has 1 aliphatic rings. The van der Waals surface area contributed by atoms with E-state index in [9.17, 15) is 9.59 Å². The van der Waals surface area contributed by atoms with Gasteiger partial charge in [0, 0.05) is 27.2 Å². The number of hydrogen-bond acceptors (Lipinski definition) is 4. The molecule has 110 valence electrons. The van der Waals surface area contributed by atoms with Crippen molar-refractivity contribution in [1.82, 2.24) is 14.7 Å². The maximum Gasteiger partial charge on any atom is 0.236 e. The van der Waals surface area contributed by atoms with E-state index in [-0.39, 0.29) is 37.1 Å². The molecule has 0 N–H and O–H groups in total. The van der Waals surface area contributed by atoms with Gasteiger partial charge in [-0.25, -0.2) is 0 Å². The van der Waals surface area contributed by atoms with Crippen molar-refractivity contribution < 1.29 is 14.3 Å². The number of likely N-dealkylation sites (N-methyl/N-ethyl adjacent to an activating group) is 2. The first-order valence-electron chi connectivity index (χ1n) is 6.61. The summed E-state index contributed by atoms with van der Waals surface area (Å²) in [6, 6.07) is 0. The van der Waals surface area contributed by atoms with Crippen LogP contribution >= 0.6 is 0 Å². The zero-order valence-corrected chi connectivity index (χ0v) is 12.5. The lowest BCUT2D eigenvalue weighted by atomic mass is 10.2. The van der Waals surface area contributed by atoms with E-state index in [1.54, 1.807) is 26.0 Å². The second-order valence-electron chi connectivity index (χ2n) is 5.52. The first kappa shape index (κ1) is 15.9. The van der Waals surface area contributed by atoms with Crippen LogP contribution in [0.25, 0.3) is 0 Å². The lowest BCUT2D eigenvalue weighted by Crippen LogP contribution is -2.51. The van der Waals surface area contributed by atoms with Crippen LogP contribution in [0.3, 0.4) is 0 Å². The third kappa shape index (κ3) is 5.16. The number of ether oxygens (including phenoxy) is 1. The molecular weight excluding hydrogens is 246 g/mol. The molecule has 0 radical (unpaired) electrons. The molecule has 1 saturated heterocycles. The summed E-state index contributed by atoms with van der Waals surface area (Å²) in [5.41, 5.74) is 0. The van der Waals surface area contributed by atoms with Crippen molar-refractivity contribution in [3.05, 3.63) is 0 Å². The standard InChI is InChI=1S/C13H25N3O3/c1-10-6-16(7-11(2)19-10)13(18)9-15(5)8-12(17)14(3)4/h10-11H,6-9H2,1-5H3. The minimum atomic E-state index is -0.000913. The fourth-order valence-corrected chi connectivity index (χ4v) is 2.14. The highest BCUT2D eigenvalue weighted by molar-refractivity contribution is 5.81. The number of carbonyl (C=O) groups excluding carboxylic acids is 2. The molecule has 6 heteroatoms. The molecule has 0 aliphatic carbocycles. The third-order valence-electron chi connectivity index (χ3n) is 3.08. The maximum atomic E-state index is 12.2. The summed E-state index contributed by atoms with van der Waals surface area (Å²) in [5, 5.41) is 0. The molecule has 19 heavy (non-hydrogen) atoms. The minimum absolute atomic E-state index is 0.000913. The Morgan fingerprint density at radius 1 is 1.11 bits per heavy atom. The number of amides is 2. The van der Waals surface area contributed by atoms with Gasteiger partial charge in [0.15, 0.2) is 0 Å². The van der Waals surface area contributed by atoms with Crippen LogP contribution in [-0.2, 0) is 14.3 Å². The van der Waals surface area contributed by atoms with Gasteiger partial charge in [0.05, 0.1) is 25.3 Å². The Balaban J connectivity index is 2.43.